The average Bonchev–Trinajstić information content (AvgIpc) is 2.97. The number of Topliss-reactive ketones (excluding diaryl/α,β-unsaturated/α-hetero) is 1. The van der Waals surface area contributed by atoms with Gasteiger partial charge >= 0.3 is 5.97 Å². The molecular formula is C16H20N2O4. The lowest BCUT2D eigenvalue weighted by atomic mass is 10.1. The van der Waals surface area contributed by atoms with Crippen molar-refractivity contribution in [2.24, 2.45) is 5.92 Å². The number of amides is 1. The minimum atomic E-state index is -0.810. The maximum Gasteiger partial charge on any atom is 0.307 e. The number of benzene rings is 1. The fraction of sp³-hybridized carbons (Fsp3) is 0.438. The van der Waals surface area contributed by atoms with Gasteiger partial charge in [-0.05, 0) is 51.1 Å². The molecule has 1 heterocycles. The predicted molar refractivity (Wildman–Crippen MR) is 81.9 cm³/mol. The molecule has 1 fully saturated rings. The normalized spacial score (nSPS) is 19.6. The van der Waals surface area contributed by atoms with Crippen molar-refractivity contribution in [3.63, 3.8) is 0 Å². The second-order valence-electron chi connectivity index (χ2n) is 5.62. The first-order valence-corrected chi connectivity index (χ1v) is 7.27. The van der Waals surface area contributed by atoms with Crippen LogP contribution in [0.25, 0.3) is 0 Å². The average molecular weight is 304 g/mol. The molecule has 0 bridgehead atoms. The second kappa shape index (κ2) is 6.70. The van der Waals surface area contributed by atoms with Crippen molar-refractivity contribution in [2.45, 2.75) is 26.3 Å². The molecule has 0 aliphatic carbocycles. The summed E-state index contributed by atoms with van der Waals surface area (Å²) in [7, 11) is 0. The monoisotopic (exact) mass is 304 g/mol. The standard InChI is InChI=1S/C16H20N2O4/c1-10(18-8-7-13(9-18)16(21)22)15(20)17-14-5-3-12(4-6-14)11(2)19/h3-6,10,13H,7-9H2,1-2H3,(H,17,20)(H,21,22). The number of hydrogen-bond donors (Lipinski definition) is 2. The molecule has 1 aromatic carbocycles. The number of carboxylic acid groups (broad SMARTS) is 1. The van der Waals surface area contributed by atoms with E-state index in [0.717, 1.165) is 0 Å². The zero-order chi connectivity index (χ0) is 16.3. The Bertz CT molecular complexity index is 582. The van der Waals surface area contributed by atoms with E-state index in [1.807, 2.05) is 4.90 Å². The van der Waals surface area contributed by atoms with Crippen molar-refractivity contribution in [2.75, 3.05) is 18.4 Å². The SMILES string of the molecule is CC(=O)c1ccc(NC(=O)C(C)N2CCC(C(=O)O)C2)cc1. The van der Waals surface area contributed by atoms with Crippen molar-refractivity contribution in [1.29, 1.82) is 0 Å². The van der Waals surface area contributed by atoms with Crippen molar-refractivity contribution < 1.29 is 19.5 Å². The number of likely N-dealkylation sites (tertiary alicyclic amines) is 1. The van der Waals surface area contributed by atoms with Gasteiger partial charge in [0, 0.05) is 17.8 Å². The molecule has 0 saturated carbocycles. The maximum absolute atomic E-state index is 12.2. The number of nitrogens with zero attached hydrogens (tertiary/aromatic N) is 1. The summed E-state index contributed by atoms with van der Waals surface area (Å²) in [5, 5.41) is 11.8. The molecular weight excluding hydrogens is 284 g/mol. The van der Waals surface area contributed by atoms with E-state index in [-0.39, 0.29) is 11.7 Å². The fourth-order valence-corrected chi connectivity index (χ4v) is 2.54. The fourth-order valence-electron chi connectivity index (χ4n) is 2.54. The molecule has 2 rings (SSSR count). The number of nitrogens with one attached hydrogen (secondary N) is 1. The lowest BCUT2D eigenvalue weighted by Gasteiger charge is -2.23. The molecule has 22 heavy (non-hydrogen) atoms. The second-order valence-corrected chi connectivity index (χ2v) is 5.62. The Kier molecular flexibility index (Phi) is 4.92. The van der Waals surface area contributed by atoms with Gasteiger partial charge in [-0.25, -0.2) is 0 Å². The number of carbonyl (C=O) groups is 3. The Balaban J connectivity index is 1.94. The molecule has 6 nitrogen and oxygen atoms in total. The molecule has 1 aliphatic rings. The van der Waals surface area contributed by atoms with Crippen LogP contribution in [0.3, 0.4) is 0 Å². The van der Waals surface area contributed by atoms with Gasteiger partial charge in [-0.15, -0.1) is 0 Å². The van der Waals surface area contributed by atoms with Crippen LogP contribution in [-0.2, 0) is 9.59 Å². The molecule has 1 aliphatic heterocycles. The third kappa shape index (κ3) is 3.71. The number of anilines is 1. The number of rotatable bonds is 5. The Morgan fingerprint density at radius 3 is 2.41 bits per heavy atom. The minimum absolute atomic E-state index is 0.0250. The Labute approximate surface area is 129 Å². The zero-order valence-corrected chi connectivity index (χ0v) is 12.7. The largest absolute Gasteiger partial charge is 0.481 e. The highest BCUT2D eigenvalue weighted by atomic mass is 16.4. The van der Waals surface area contributed by atoms with Crippen LogP contribution in [0.5, 0.6) is 0 Å². The van der Waals surface area contributed by atoms with Crippen molar-refractivity contribution in [3.05, 3.63) is 29.8 Å². The van der Waals surface area contributed by atoms with E-state index < -0.39 is 17.9 Å². The van der Waals surface area contributed by atoms with Gasteiger partial charge in [-0.3, -0.25) is 19.3 Å². The molecule has 1 amide bonds. The van der Waals surface area contributed by atoms with Gasteiger partial charge in [0.2, 0.25) is 5.91 Å². The Hall–Kier alpha value is -2.21. The third-order valence-electron chi connectivity index (χ3n) is 4.06. The molecule has 0 aromatic heterocycles. The molecule has 6 heteroatoms. The smallest absolute Gasteiger partial charge is 0.307 e. The molecule has 0 radical (unpaired) electrons. The lowest BCUT2D eigenvalue weighted by molar-refractivity contribution is -0.141. The molecule has 1 aromatic rings. The van der Waals surface area contributed by atoms with Gasteiger partial charge in [0.25, 0.3) is 0 Å². The van der Waals surface area contributed by atoms with E-state index in [9.17, 15) is 14.4 Å². The molecule has 0 spiro atoms. The number of ketones is 1. The number of carbonyl (C=O) groups excluding carboxylic acids is 2. The number of carboxylic acids is 1. The van der Waals surface area contributed by atoms with E-state index >= 15 is 0 Å². The first-order chi connectivity index (χ1) is 10.4. The predicted octanol–water partition coefficient (Wildman–Crippen LogP) is 1.62. The van der Waals surface area contributed by atoms with Crippen LogP contribution in [0.2, 0.25) is 0 Å². The summed E-state index contributed by atoms with van der Waals surface area (Å²) in [5.41, 5.74) is 1.21. The number of hydrogen-bond acceptors (Lipinski definition) is 4. The molecule has 2 N–H and O–H groups in total. The van der Waals surface area contributed by atoms with Crippen LogP contribution in [0.4, 0.5) is 5.69 Å². The molecule has 1 saturated heterocycles. The van der Waals surface area contributed by atoms with Crippen LogP contribution in [-0.4, -0.2) is 46.8 Å². The first kappa shape index (κ1) is 16.2. The number of aliphatic carboxylic acids is 1. The van der Waals surface area contributed by atoms with Crippen LogP contribution >= 0.6 is 0 Å². The van der Waals surface area contributed by atoms with Gasteiger partial charge in [0.05, 0.1) is 12.0 Å². The van der Waals surface area contributed by atoms with Crippen LogP contribution < -0.4 is 5.32 Å². The summed E-state index contributed by atoms with van der Waals surface area (Å²) in [6.45, 7) is 4.26. The van der Waals surface area contributed by atoms with E-state index in [1.165, 1.54) is 6.92 Å². The highest BCUT2D eigenvalue weighted by molar-refractivity contribution is 5.97. The topological polar surface area (TPSA) is 86.7 Å². The van der Waals surface area contributed by atoms with Gasteiger partial charge < -0.3 is 10.4 Å². The van der Waals surface area contributed by atoms with Gasteiger partial charge in [-0.2, -0.15) is 0 Å². The molecule has 118 valence electrons. The molecule has 2 unspecified atom stereocenters. The summed E-state index contributed by atoms with van der Waals surface area (Å²) in [6.07, 6.45) is 0.570. The van der Waals surface area contributed by atoms with Crippen LogP contribution in [0.15, 0.2) is 24.3 Å². The van der Waals surface area contributed by atoms with E-state index in [0.29, 0.717) is 30.8 Å². The van der Waals surface area contributed by atoms with Crippen molar-refractivity contribution in [3.8, 4) is 0 Å². The quantitative estimate of drug-likeness (QED) is 0.807. The summed E-state index contributed by atoms with van der Waals surface area (Å²) >= 11 is 0. The first-order valence-electron chi connectivity index (χ1n) is 7.27. The summed E-state index contributed by atoms with van der Waals surface area (Å²) in [6, 6.07) is 6.31. The van der Waals surface area contributed by atoms with Gasteiger partial charge in [0.1, 0.15) is 0 Å². The summed E-state index contributed by atoms with van der Waals surface area (Å²) in [4.78, 5) is 36.3. The lowest BCUT2D eigenvalue weighted by Crippen LogP contribution is -2.41. The van der Waals surface area contributed by atoms with E-state index in [1.54, 1.807) is 31.2 Å². The third-order valence-corrected chi connectivity index (χ3v) is 4.06. The minimum Gasteiger partial charge on any atom is -0.481 e. The van der Waals surface area contributed by atoms with Crippen molar-refractivity contribution in [1.82, 2.24) is 4.90 Å². The van der Waals surface area contributed by atoms with Crippen LogP contribution in [0, 0.1) is 5.92 Å². The zero-order valence-electron chi connectivity index (χ0n) is 12.7. The van der Waals surface area contributed by atoms with Gasteiger partial charge in [-0.1, -0.05) is 0 Å². The Morgan fingerprint density at radius 1 is 1.27 bits per heavy atom. The van der Waals surface area contributed by atoms with E-state index in [4.69, 9.17) is 5.11 Å². The van der Waals surface area contributed by atoms with Crippen molar-refractivity contribution >= 4 is 23.3 Å². The summed E-state index contributed by atoms with van der Waals surface area (Å²) in [5.74, 6) is -1.41. The Morgan fingerprint density at radius 2 is 1.91 bits per heavy atom. The van der Waals surface area contributed by atoms with Crippen LogP contribution in [0.1, 0.15) is 30.6 Å². The highest BCUT2D eigenvalue weighted by Crippen LogP contribution is 2.20. The van der Waals surface area contributed by atoms with E-state index in [2.05, 4.69) is 5.32 Å². The van der Waals surface area contributed by atoms with Gasteiger partial charge in [0.15, 0.2) is 5.78 Å². The molecule has 2 atom stereocenters. The summed E-state index contributed by atoms with van der Waals surface area (Å²) < 4.78 is 0. The maximum atomic E-state index is 12.2. The highest BCUT2D eigenvalue weighted by Gasteiger charge is 2.33.